The van der Waals surface area contributed by atoms with Gasteiger partial charge in [0.2, 0.25) is 0 Å². The van der Waals surface area contributed by atoms with E-state index in [0.717, 1.165) is 18.2 Å². The molecule has 2 rings (SSSR count). The number of aryl methyl sites for hydroxylation is 1. The number of benzene rings is 2. The molecule has 0 aliphatic rings. The zero-order valence-electron chi connectivity index (χ0n) is 9.93. The van der Waals surface area contributed by atoms with Gasteiger partial charge in [0, 0.05) is 0 Å². The van der Waals surface area contributed by atoms with Crippen LogP contribution in [-0.4, -0.2) is 8.42 Å². The van der Waals surface area contributed by atoms with E-state index in [1.807, 2.05) is 0 Å². The van der Waals surface area contributed by atoms with E-state index in [-0.39, 0.29) is 15.7 Å². The van der Waals surface area contributed by atoms with Gasteiger partial charge in [-0.2, -0.15) is 8.42 Å². The fourth-order valence-electron chi connectivity index (χ4n) is 1.45. The Balaban J connectivity index is 2.38. The molecular formula is C13H10ClFO3S. The van der Waals surface area contributed by atoms with Crippen molar-refractivity contribution in [3.05, 3.63) is 58.9 Å². The first kappa shape index (κ1) is 13.8. The minimum absolute atomic E-state index is 0.192. The van der Waals surface area contributed by atoms with Crippen LogP contribution in [0.25, 0.3) is 0 Å². The molecule has 0 saturated heterocycles. The van der Waals surface area contributed by atoms with Crippen LogP contribution in [0.15, 0.2) is 47.4 Å². The average Bonchev–Trinajstić information content (AvgIpc) is 2.35. The monoisotopic (exact) mass is 300 g/mol. The molecular weight excluding hydrogens is 291 g/mol. The second-order valence-electron chi connectivity index (χ2n) is 3.88. The highest BCUT2D eigenvalue weighted by atomic mass is 35.5. The van der Waals surface area contributed by atoms with Gasteiger partial charge in [-0.05, 0) is 36.8 Å². The van der Waals surface area contributed by atoms with Crippen LogP contribution in [0.4, 0.5) is 4.39 Å². The number of para-hydroxylation sites is 1. The van der Waals surface area contributed by atoms with Crippen LogP contribution in [0.2, 0.25) is 5.02 Å². The van der Waals surface area contributed by atoms with Crippen molar-refractivity contribution in [3.63, 3.8) is 0 Å². The van der Waals surface area contributed by atoms with Gasteiger partial charge in [0.1, 0.15) is 16.5 Å². The normalized spacial score (nSPS) is 11.3. The predicted octanol–water partition coefficient (Wildman–Crippen LogP) is 3.56. The highest BCUT2D eigenvalue weighted by Crippen LogP contribution is 2.24. The molecule has 2 aromatic rings. The molecule has 0 amide bonds. The van der Waals surface area contributed by atoms with Gasteiger partial charge in [-0.25, -0.2) is 4.39 Å². The summed E-state index contributed by atoms with van der Waals surface area (Å²) in [7, 11) is -4.03. The number of hydrogen-bond acceptors (Lipinski definition) is 3. The molecule has 0 radical (unpaired) electrons. The van der Waals surface area contributed by atoms with Crippen molar-refractivity contribution < 1.29 is 17.0 Å². The summed E-state index contributed by atoms with van der Waals surface area (Å²) in [6, 6.07) is 9.80. The number of rotatable bonds is 3. The van der Waals surface area contributed by atoms with Gasteiger partial charge >= 0.3 is 10.1 Å². The summed E-state index contributed by atoms with van der Waals surface area (Å²) >= 11 is 5.56. The Morgan fingerprint density at radius 3 is 2.47 bits per heavy atom. The third-order valence-electron chi connectivity index (χ3n) is 2.47. The first-order valence-corrected chi connectivity index (χ1v) is 7.14. The van der Waals surface area contributed by atoms with E-state index >= 15 is 0 Å². The first-order chi connectivity index (χ1) is 8.90. The van der Waals surface area contributed by atoms with E-state index in [9.17, 15) is 12.8 Å². The third kappa shape index (κ3) is 3.05. The Labute approximate surface area is 115 Å². The van der Waals surface area contributed by atoms with Gasteiger partial charge in [-0.15, -0.1) is 0 Å². The van der Waals surface area contributed by atoms with E-state index in [1.165, 1.54) is 6.07 Å². The Bertz CT molecular complexity index is 714. The van der Waals surface area contributed by atoms with Crippen LogP contribution in [0.3, 0.4) is 0 Å². The molecule has 19 heavy (non-hydrogen) atoms. The fraction of sp³-hybridized carbons (Fsp3) is 0.0769. The SMILES string of the molecule is Cc1ccccc1OS(=O)(=O)c1ccc(F)c(Cl)c1. The van der Waals surface area contributed by atoms with Crippen molar-refractivity contribution in [1.82, 2.24) is 0 Å². The summed E-state index contributed by atoms with van der Waals surface area (Å²) < 4.78 is 42.0. The van der Waals surface area contributed by atoms with Crippen LogP contribution in [-0.2, 0) is 10.1 Å². The lowest BCUT2D eigenvalue weighted by Crippen LogP contribution is -2.10. The maximum atomic E-state index is 13.0. The summed E-state index contributed by atoms with van der Waals surface area (Å²) in [6.45, 7) is 1.72. The molecule has 0 heterocycles. The minimum atomic E-state index is -4.03. The lowest BCUT2D eigenvalue weighted by atomic mass is 10.2. The van der Waals surface area contributed by atoms with Crippen LogP contribution < -0.4 is 4.18 Å². The molecule has 3 nitrogen and oxygen atoms in total. The second-order valence-corrected chi connectivity index (χ2v) is 5.83. The largest absolute Gasteiger partial charge is 0.379 e. The smallest absolute Gasteiger partial charge is 0.339 e. The Hall–Kier alpha value is -1.59. The summed E-state index contributed by atoms with van der Waals surface area (Å²) in [5.74, 6) is -0.459. The Morgan fingerprint density at radius 1 is 1.16 bits per heavy atom. The van der Waals surface area contributed by atoms with Crippen molar-refractivity contribution in [2.75, 3.05) is 0 Å². The van der Waals surface area contributed by atoms with Crippen LogP contribution >= 0.6 is 11.6 Å². The highest BCUT2D eigenvalue weighted by Gasteiger charge is 2.19. The Morgan fingerprint density at radius 2 is 1.84 bits per heavy atom. The van der Waals surface area contributed by atoms with Gasteiger partial charge in [0.15, 0.2) is 0 Å². The maximum absolute atomic E-state index is 13.0. The molecule has 6 heteroatoms. The van der Waals surface area contributed by atoms with Crippen molar-refractivity contribution in [2.45, 2.75) is 11.8 Å². The summed E-state index contributed by atoms with van der Waals surface area (Å²) in [5.41, 5.74) is 0.680. The summed E-state index contributed by atoms with van der Waals surface area (Å²) in [4.78, 5) is -0.192. The molecule has 0 bridgehead atoms. The van der Waals surface area contributed by atoms with Gasteiger partial charge in [0.25, 0.3) is 0 Å². The molecule has 0 saturated carbocycles. The van der Waals surface area contributed by atoms with E-state index in [2.05, 4.69) is 0 Å². The lowest BCUT2D eigenvalue weighted by Gasteiger charge is -2.09. The second kappa shape index (κ2) is 5.19. The van der Waals surface area contributed by atoms with Gasteiger partial charge in [-0.3, -0.25) is 0 Å². The molecule has 0 aliphatic heterocycles. The molecule has 0 atom stereocenters. The van der Waals surface area contributed by atoms with E-state index in [4.69, 9.17) is 15.8 Å². The van der Waals surface area contributed by atoms with Gasteiger partial charge in [-0.1, -0.05) is 29.8 Å². The summed E-state index contributed by atoms with van der Waals surface area (Å²) in [5, 5.41) is -0.269. The summed E-state index contributed by atoms with van der Waals surface area (Å²) in [6.07, 6.45) is 0. The quantitative estimate of drug-likeness (QED) is 0.814. The topological polar surface area (TPSA) is 43.4 Å². The molecule has 0 unspecified atom stereocenters. The van der Waals surface area contributed by atoms with Crippen LogP contribution in [0.1, 0.15) is 5.56 Å². The van der Waals surface area contributed by atoms with Crippen molar-refractivity contribution in [1.29, 1.82) is 0 Å². The fourth-order valence-corrected chi connectivity index (χ4v) is 2.71. The van der Waals surface area contributed by atoms with Crippen molar-refractivity contribution >= 4 is 21.7 Å². The predicted molar refractivity (Wildman–Crippen MR) is 70.4 cm³/mol. The first-order valence-electron chi connectivity index (χ1n) is 5.35. The Kier molecular flexibility index (Phi) is 3.78. The lowest BCUT2D eigenvalue weighted by molar-refractivity contribution is 0.484. The maximum Gasteiger partial charge on any atom is 0.339 e. The highest BCUT2D eigenvalue weighted by molar-refractivity contribution is 7.87. The van der Waals surface area contributed by atoms with E-state index in [1.54, 1.807) is 25.1 Å². The molecule has 2 aromatic carbocycles. The van der Waals surface area contributed by atoms with Crippen molar-refractivity contribution in [2.24, 2.45) is 0 Å². The van der Waals surface area contributed by atoms with Gasteiger partial charge < -0.3 is 4.18 Å². The molecule has 0 spiro atoms. The third-order valence-corrected chi connectivity index (χ3v) is 3.99. The molecule has 100 valence electrons. The minimum Gasteiger partial charge on any atom is -0.379 e. The van der Waals surface area contributed by atoms with E-state index < -0.39 is 15.9 Å². The van der Waals surface area contributed by atoms with Crippen LogP contribution in [0, 0.1) is 12.7 Å². The molecule has 0 N–H and O–H groups in total. The van der Waals surface area contributed by atoms with E-state index in [0.29, 0.717) is 5.56 Å². The van der Waals surface area contributed by atoms with Crippen LogP contribution in [0.5, 0.6) is 5.75 Å². The molecule has 0 aromatic heterocycles. The van der Waals surface area contributed by atoms with Gasteiger partial charge in [0.05, 0.1) is 5.02 Å². The van der Waals surface area contributed by atoms with Crippen molar-refractivity contribution in [3.8, 4) is 5.75 Å². The standard InChI is InChI=1S/C13H10ClFO3S/c1-9-4-2-3-5-13(9)18-19(16,17)10-6-7-12(15)11(14)8-10/h2-8H,1H3. The zero-order chi connectivity index (χ0) is 14.0. The number of halogens is 2. The zero-order valence-corrected chi connectivity index (χ0v) is 11.5. The molecule has 0 aliphatic carbocycles. The number of hydrogen-bond donors (Lipinski definition) is 0. The molecule has 0 fully saturated rings. The average molecular weight is 301 g/mol.